The summed E-state index contributed by atoms with van der Waals surface area (Å²) in [6, 6.07) is 5.75. The molecule has 5 heteroatoms. The number of amides is 1. The summed E-state index contributed by atoms with van der Waals surface area (Å²) in [5, 5.41) is 12.7. The van der Waals surface area contributed by atoms with Gasteiger partial charge in [0.2, 0.25) is 0 Å². The van der Waals surface area contributed by atoms with Gasteiger partial charge < -0.3 is 19.9 Å². The molecule has 0 bridgehead atoms. The molecule has 1 aliphatic rings. The lowest BCUT2D eigenvalue weighted by Gasteiger charge is -2.25. The Morgan fingerprint density at radius 2 is 2.12 bits per heavy atom. The lowest BCUT2D eigenvalue weighted by molar-refractivity contribution is -0.123. The Kier molecular flexibility index (Phi) is 5.43. The van der Waals surface area contributed by atoms with Crippen LogP contribution >= 0.6 is 0 Å². The summed E-state index contributed by atoms with van der Waals surface area (Å²) in [6.07, 6.45) is 0.899. The standard InChI is InChI=1S/C19H29NO4/c1-18(2,3)15(21)9-10-20-16(22)12-23-14-8-6-7-13-11-19(4,5)24-17(13)14/h6-8,15,21H,9-12H2,1-5H3,(H,20,22). The fraction of sp³-hybridized carbons (Fsp3) is 0.632. The highest BCUT2D eigenvalue weighted by atomic mass is 16.5. The molecule has 0 saturated carbocycles. The fourth-order valence-electron chi connectivity index (χ4n) is 2.68. The molecule has 0 aliphatic carbocycles. The molecule has 0 saturated heterocycles. The van der Waals surface area contributed by atoms with Crippen molar-refractivity contribution >= 4 is 5.91 Å². The largest absolute Gasteiger partial charge is 0.483 e. The number of nitrogens with one attached hydrogen (secondary N) is 1. The summed E-state index contributed by atoms with van der Waals surface area (Å²) in [7, 11) is 0. The maximum Gasteiger partial charge on any atom is 0.257 e. The zero-order valence-corrected chi connectivity index (χ0v) is 15.3. The predicted molar refractivity (Wildman–Crippen MR) is 93.4 cm³/mol. The highest BCUT2D eigenvalue weighted by Gasteiger charge is 2.32. The molecule has 1 aromatic rings. The van der Waals surface area contributed by atoms with Gasteiger partial charge in [-0.15, -0.1) is 0 Å². The number of para-hydroxylation sites is 1. The quantitative estimate of drug-likeness (QED) is 0.839. The van der Waals surface area contributed by atoms with Gasteiger partial charge in [0.05, 0.1) is 6.10 Å². The average Bonchev–Trinajstić information content (AvgIpc) is 2.78. The molecule has 0 fully saturated rings. The molecular formula is C19H29NO4. The van der Waals surface area contributed by atoms with Crippen LogP contribution in [0.15, 0.2) is 18.2 Å². The summed E-state index contributed by atoms with van der Waals surface area (Å²) in [6.45, 7) is 10.3. The second-order valence-electron chi connectivity index (χ2n) is 8.09. The van der Waals surface area contributed by atoms with Gasteiger partial charge in [-0.25, -0.2) is 0 Å². The Bertz CT molecular complexity index is 590. The molecule has 134 valence electrons. The molecule has 2 N–H and O–H groups in total. The molecule has 1 heterocycles. The van der Waals surface area contributed by atoms with Crippen LogP contribution in [0.1, 0.15) is 46.6 Å². The normalized spacial score (nSPS) is 16.9. The number of rotatable bonds is 6. The van der Waals surface area contributed by atoms with E-state index < -0.39 is 6.10 Å². The zero-order chi connectivity index (χ0) is 18.0. The molecule has 2 rings (SSSR count). The van der Waals surface area contributed by atoms with Crippen LogP contribution in [0.25, 0.3) is 0 Å². The minimum Gasteiger partial charge on any atom is -0.483 e. The van der Waals surface area contributed by atoms with Crippen molar-refractivity contribution in [3.63, 3.8) is 0 Å². The first-order valence-electron chi connectivity index (χ1n) is 8.47. The highest BCUT2D eigenvalue weighted by molar-refractivity contribution is 5.77. The van der Waals surface area contributed by atoms with Crippen LogP contribution in [-0.2, 0) is 11.2 Å². The third kappa shape index (κ3) is 4.87. The lowest BCUT2D eigenvalue weighted by Crippen LogP contribution is -2.34. The number of aliphatic hydroxyl groups is 1. The van der Waals surface area contributed by atoms with Crippen molar-refractivity contribution in [2.75, 3.05) is 13.2 Å². The van der Waals surface area contributed by atoms with Crippen LogP contribution in [0.4, 0.5) is 0 Å². The molecule has 1 unspecified atom stereocenters. The second kappa shape index (κ2) is 7.01. The highest BCUT2D eigenvalue weighted by Crippen LogP contribution is 2.41. The molecule has 0 spiro atoms. The van der Waals surface area contributed by atoms with Gasteiger partial charge in [0.25, 0.3) is 5.91 Å². The number of hydrogen-bond acceptors (Lipinski definition) is 4. The molecular weight excluding hydrogens is 306 g/mol. The van der Waals surface area contributed by atoms with E-state index in [1.165, 1.54) is 0 Å². The maximum atomic E-state index is 11.9. The van der Waals surface area contributed by atoms with Gasteiger partial charge in [-0.05, 0) is 31.7 Å². The van der Waals surface area contributed by atoms with Crippen LogP contribution < -0.4 is 14.8 Å². The van der Waals surface area contributed by atoms with Crippen LogP contribution in [-0.4, -0.2) is 35.9 Å². The number of hydrogen-bond donors (Lipinski definition) is 2. The maximum absolute atomic E-state index is 11.9. The van der Waals surface area contributed by atoms with Gasteiger partial charge in [0.15, 0.2) is 18.1 Å². The summed E-state index contributed by atoms with van der Waals surface area (Å²) in [5.74, 6) is 1.13. The Labute approximate surface area is 144 Å². The van der Waals surface area contributed by atoms with Crippen LogP contribution in [0.5, 0.6) is 11.5 Å². The van der Waals surface area contributed by atoms with Gasteiger partial charge in [-0.1, -0.05) is 32.9 Å². The molecule has 0 radical (unpaired) electrons. The van der Waals surface area contributed by atoms with E-state index in [-0.39, 0.29) is 23.5 Å². The van der Waals surface area contributed by atoms with E-state index in [2.05, 4.69) is 5.32 Å². The van der Waals surface area contributed by atoms with Crippen molar-refractivity contribution in [2.45, 2.75) is 59.2 Å². The van der Waals surface area contributed by atoms with Crippen molar-refractivity contribution in [1.82, 2.24) is 5.32 Å². The van der Waals surface area contributed by atoms with E-state index in [0.29, 0.717) is 18.7 Å². The van der Waals surface area contributed by atoms with E-state index in [1.807, 2.05) is 52.8 Å². The van der Waals surface area contributed by atoms with E-state index in [1.54, 1.807) is 0 Å². The van der Waals surface area contributed by atoms with Gasteiger partial charge in [0, 0.05) is 18.5 Å². The summed E-state index contributed by atoms with van der Waals surface area (Å²) < 4.78 is 11.5. The van der Waals surface area contributed by atoms with Gasteiger partial charge in [-0.2, -0.15) is 0 Å². The molecule has 24 heavy (non-hydrogen) atoms. The van der Waals surface area contributed by atoms with Crippen molar-refractivity contribution in [1.29, 1.82) is 0 Å². The minimum atomic E-state index is -0.452. The predicted octanol–water partition coefficient (Wildman–Crippen LogP) is 2.69. The van der Waals surface area contributed by atoms with Crippen molar-refractivity contribution in [3.05, 3.63) is 23.8 Å². The molecule has 1 atom stereocenters. The van der Waals surface area contributed by atoms with E-state index in [9.17, 15) is 9.90 Å². The van der Waals surface area contributed by atoms with Crippen molar-refractivity contribution in [3.8, 4) is 11.5 Å². The van der Waals surface area contributed by atoms with E-state index in [4.69, 9.17) is 9.47 Å². The van der Waals surface area contributed by atoms with Crippen LogP contribution in [0, 0.1) is 5.41 Å². The van der Waals surface area contributed by atoms with E-state index >= 15 is 0 Å². The van der Waals surface area contributed by atoms with Crippen LogP contribution in [0.2, 0.25) is 0 Å². The first-order valence-corrected chi connectivity index (χ1v) is 8.47. The summed E-state index contributed by atoms with van der Waals surface area (Å²) in [4.78, 5) is 11.9. The Balaban J connectivity index is 1.81. The Hall–Kier alpha value is -1.75. The number of carbonyl (C=O) groups excluding carboxylic acids is 1. The molecule has 5 nitrogen and oxygen atoms in total. The zero-order valence-electron chi connectivity index (χ0n) is 15.3. The number of aliphatic hydroxyl groups excluding tert-OH is 1. The van der Waals surface area contributed by atoms with Gasteiger partial charge >= 0.3 is 0 Å². The SMILES string of the molecule is CC1(C)Cc2cccc(OCC(=O)NCCC(O)C(C)(C)C)c2O1. The lowest BCUT2D eigenvalue weighted by atomic mass is 9.87. The summed E-state index contributed by atoms with van der Waals surface area (Å²) >= 11 is 0. The number of ether oxygens (including phenoxy) is 2. The van der Waals surface area contributed by atoms with Crippen molar-refractivity contribution in [2.24, 2.45) is 5.41 Å². The molecule has 1 aliphatic heterocycles. The monoisotopic (exact) mass is 335 g/mol. The Morgan fingerprint density at radius 3 is 2.79 bits per heavy atom. The third-order valence-corrected chi connectivity index (χ3v) is 4.15. The smallest absolute Gasteiger partial charge is 0.257 e. The van der Waals surface area contributed by atoms with E-state index in [0.717, 1.165) is 17.7 Å². The summed E-state index contributed by atoms with van der Waals surface area (Å²) in [5.41, 5.74) is 0.676. The number of fused-ring (bicyclic) bond motifs is 1. The first-order chi connectivity index (χ1) is 11.1. The first kappa shape index (κ1) is 18.6. The second-order valence-corrected chi connectivity index (χ2v) is 8.09. The average molecular weight is 335 g/mol. The fourth-order valence-corrected chi connectivity index (χ4v) is 2.68. The molecule has 0 aromatic heterocycles. The number of benzene rings is 1. The number of carbonyl (C=O) groups is 1. The molecule has 1 aromatic carbocycles. The van der Waals surface area contributed by atoms with Gasteiger partial charge in [-0.3, -0.25) is 4.79 Å². The topological polar surface area (TPSA) is 67.8 Å². The van der Waals surface area contributed by atoms with Crippen LogP contribution in [0.3, 0.4) is 0 Å². The molecule has 1 amide bonds. The third-order valence-electron chi connectivity index (χ3n) is 4.15. The van der Waals surface area contributed by atoms with Gasteiger partial charge in [0.1, 0.15) is 5.60 Å². The minimum absolute atomic E-state index is 0.0636. The van der Waals surface area contributed by atoms with Crippen molar-refractivity contribution < 1.29 is 19.4 Å². The Morgan fingerprint density at radius 1 is 1.42 bits per heavy atom.